The minimum Gasteiger partial charge on any atom is -0.232 e. The van der Waals surface area contributed by atoms with Crippen molar-refractivity contribution in [2.45, 2.75) is 20.3 Å². The first-order chi connectivity index (χ1) is 8.95. The zero-order valence-corrected chi connectivity index (χ0v) is 13.4. The molecule has 0 aliphatic heterocycles. The van der Waals surface area contributed by atoms with Crippen molar-refractivity contribution in [3.8, 4) is 11.3 Å². The maximum absolute atomic E-state index is 14.2. The summed E-state index contributed by atoms with van der Waals surface area (Å²) in [5.74, 6) is 0.0556. The lowest BCUT2D eigenvalue weighted by atomic mass is 10.1. The van der Waals surface area contributed by atoms with Crippen LogP contribution in [-0.4, -0.2) is 9.97 Å². The highest BCUT2D eigenvalue weighted by molar-refractivity contribution is 9.10. The molecule has 100 valence electrons. The second-order valence-electron chi connectivity index (χ2n) is 3.98. The molecule has 0 N–H and O–H groups in total. The quantitative estimate of drug-likeness (QED) is 0.539. The number of aromatic nitrogens is 2. The molecule has 0 atom stereocenters. The van der Waals surface area contributed by atoms with Gasteiger partial charge in [-0.15, -0.1) is 0 Å². The Morgan fingerprint density at radius 3 is 2.58 bits per heavy atom. The van der Waals surface area contributed by atoms with E-state index in [2.05, 4.69) is 25.9 Å². The summed E-state index contributed by atoms with van der Waals surface area (Å²) in [5, 5.41) is 0.366. The van der Waals surface area contributed by atoms with Gasteiger partial charge in [-0.25, -0.2) is 14.4 Å². The van der Waals surface area contributed by atoms with Gasteiger partial charge in [0, 0.05) is 22.0 Å². The lowest BCUT2D eigenvalue weighted by Crippen LogP contribution is -2.01. The van der Waals surface area contributed by atoms with Gasteiger partial charge >= 0.3 is 0 Å². The number of rotatable bonds is 2. The van der Waals surface area contributed by atoms with Gasteiger partial charge < -0.3 is 0 Å². The molecule has 0 aliphatic rings. The van der Waals surface area contributed by atoms with Crippen molar-refractivity contribution in [2.75, 3.05) is 0 Å². The third-order valence-corrected chi connectivity index (χ3v) is 4.37. The monoisotopic (exact) mass is 362 g/mol. The molecule has 1 aromatic heterocycles. The number of hydrogen-bond donors (Lipinski definition) is 0. The fourth-order valence-electron chi connectivity index (χ4n) is 1.66. The Bertz CT molecular complexity index is 647. The third kappa shape index (κ3) is 2.76. The van der Waals surface area contributed by atoms with E-state index in [9.17, 15) is 4.39 Å². The van der Waals surface area contributed by atoms with Crippen LogP contribution in [0.1, 0.15) is 18.3 Å². The number of benzene rings is 1. The van der Waals surface area contributed by atoms with Crippen LogP contribution in [0.4, 0.5) is 4.39 Å². The summed E-state index contributed by atoms with van der Waals surface area (Å²) >= 11 is 15.1. The minimum absolute atomic E-state index is 0.0321. The second-order valence-corrected chi connectivity index (χ2v) is 5.57. The van der Waals surface area contributed by atoms with E-state index in [1.165, 1.54) is 0 Å². The van der Waals surface area contributed by atoms with Crippen molar-refractivity contribution in [3.05, 3.63) is 44.0 Å². The molecule has 0 saturated carbocycles. The van der Waals surface area contributed by atoms with E-state index in [0.717, 1.165) is 0 Å². The first-order valence-corrected chi connectivity index (χ1v) is 7.17. The van der Waals surface area contributed by atoms with E-state index < -0.39 is 5.82 Å². The molecule has 2 rings (SSSR count). The molecule has 2 aromatic rings. The Balaban J connectivity index is 2.72. The van der Waals surface area contributed by atoms with E-state index in [4.69, 9.17) is 23.2 Å². The Kier molecular flexibility index (Phi) is 4.43. The molecule has 1 heterocycles. The van der Waals surface area contributed by atoms with Crippen LogP contribution in [0.2, 0.25) is 10.2 Å². The third-order valence-electron chi connectivity index (χ3n) is 2.74. The Morgan fingerprint density at radius 1 is 1.26 bits per heavy atom. The van der Waals surface area contributed by atoms with E-state index in [1.54, 1.807) is 19.1 Å². The molecular weight excluding hydrogens is 354 g/mol. The zero-order chi connectivity index (χ0) is 14.2. The first kappa shape index (κ1) is 14.7. The van der Waals surface area contributed by atoms with Crippen molar-refractivity contribution < 1.29 is 4.39 Å². The fraction of sp³-hybridized carbons (Fsp3) is 0.231. The lowest BCUT2D eigenvalue weighted by Gasteiger charge is -2.11. The summed E-state index contributed by atoms with van der Waals surface area (Å²) in [4.78, 5) is 8.48. The molecule has 0 spiro atoms. The van der Waals surface area contributed by atoms with Gasteiger partial charge in [0.1, 0.15) is 11.0 Å². The van der Waals surface area contributed by atoms with Crippen LogP contribution in [0.25, 0.3) is 11.3 Å². The molecular formula is C13H10BrCl2FN2. The van der Waals surface area contributed by atoms with E-state index >= 15 is 0 Å². The second kappa shape index (κ2) is 5.73. The van der Waals surface area contributed by atoms with Gasteiger partial charge in [0.25, 0.3) is 0 Å². The predicted molar refractivity (Wildman–Crippen MR) is 79.3 cm³/mol. The summed E-state index contributed by atoms with van der Waals surface area (Å²) in [6, 6.07) is 3.30. The molecule has 0 bridgehead atoms. The van der Waals surface area contributed by atoms with Gasteiger partial charge in [-0.1, -0.05) is 30.1 Å². The molecule has 0 aliphatic carbocycles. The molecule has 0 radical (unpaired) electrons. The van der Waals surface area contributed by atoms with Gasteiger partial charge in [-0.05, 0) is 35.0 Å². The van der Waals surface area contributed by atoms with Crippen molar-refractivity contribution >= 4 is 39.1 Å². The van der Waals surface area contributed by atoms with E-state index in [-0.39, 0.29) is 5.02 Å². The maximum Gasteiger partial charge on any atom is 0.152 e. The average Bonchev–Trinajstić information content (AvgIpc) is 2.40. The predicted octanol–water partition coefficient (Wildman–Crippen LogP) is 5.22. The van der Waals surface area contributed by atoms with Crippen LogP contribution < -0.4 is 0 Å². The molecule has 1 aromatic carbocycles. The van der Waals surface area contributed by atoms with Crippen molar-refractivity contribution in [1.29, 1.82) is 0 Å². The summed E-state index contributed by atoms with van der Waals surface area (Å²) in [6.45, 7) is 3.67. The first-order valence-electron chi connectivity index (χ1n) is 5.62. The van der Waals surface area contributed by atoms with Crippen LogP contribution in [0.3, 0.4) is 0 Å². The summed E-state index contributed by atoms with van der Waals surface area (Å²) < 4.78 is 14.7. The van der Waals surface area contributed by atoms with Crippen LogP contribution >= 0.6 is 39.1 Å². The van der Waals surface area contributed by atoms with Gasteiger partial charge in [0.05, 0.1) is 10.7 Å². The summed E-state index contributed by atoms with van der Waals surface area (Å²) in [7, 11) is 0. The number of nitrogens with zero attached hydrogens (tertiary/aromatic N) is 2. The van der Waals surface area contributed by atoms with Crippen LogP contribution in [-0.2, 0) is 6.42 Å². The minimum atomic E-state index is -0.518. The molecule has 0 unspecified atom stereocenters. The van der Waals surface area contributed by atoms with Crippen molar-refractivity contribution in [2.24, 2.45) is 0 Å². The number of hydrogen-bond acceptors (Lipinski definition) is 2. The molecule has 2 nitrogen and oxygen atoms in total. The average molecular weight is 364 g/mol. The zero-order valence-electron chi connectivity index (χ0n) is 10.3. The topological polar surface area (TPSA) is 25.8 Å². The van der Waals surface area contributed by atoms with E-state index in [0.29, 0.717) is 38.7 Å². The fourth-order valence-corrected chi connectivity index (χ4v) is 2.32. The highest BCUT2D eigenvalue weighted by atomic mass is 79.9. The van der Waals surface area contributed by atoms with E-state index in [1.807, 2.05) is 6.92 Å². The Morgan fingerprint density at radius 2 is 1.95 bits per heavy atom. The number of halogens is 4. The lowest BCUT2D eigenvalue weighted by molar-refractivity contribution is 0.630. The van der Waals surface area contributed by atoms with Crippen molar-refractivity contribution in [1.82, 2.24) is 9.97 Å². The summed E-state index contributed by atoms with van der Waals surface area (Å²) in [6.07, 6.45) is 0.624. The molecule has 19 heavy (non-hydrogen) atoms. The van der Waals surface area contributed by atoms with Gasteiger partial charge in [-0.3, -0.25) is 0 Å². The van der Waals surface area contributed by atoms with Crippen molar-refractivity contribution in [3.63, 3.8) is 0 Å². The highest BCUT2D eigenvalue weighted by Gasteiger charge is 2.17. The number of aryl methyl sites for hydroxylation is 1. The SMILES string of the molecule is CCc1nc(Cl)c(C)c(-c2ccc(Br)c(Cl)c2F)n1. The van der Waals surface area contributed by atoms with Crippen LogP contribution in [0.15, 0.2) is 16.6 Å². The standard InChI is InChI=1S/C13H10BrCl2FN2/c1-3-9-18-12(6(2)13(16)19-9)7-4-5-8(14)10(15)11(7)17/h4-5H,3H2,1-2H3. The summed E-state index contributed by atoms with van der Waals surface area (Å²) in [5.41, 5.74) is 1.43. The normalized spacial score (nSPS) is 10.8. The van der Waals surface area contributed by atoms with Crippen LogP contribution in [0, 0.1) is 12.7 Å². The molecule has 0 amide bonds. The molecule has 0 fully saturated rings. The van der Waals surface area contributed by atoms with Gasteiger partial charge in [0.2, 0.25) is 0 Å². The highest BCUT2D eigenvalue weighted by Crippen LogP contribution is 2.34. The Labute approximate surface area is 129 Å². The molecule has 0 saturated heterocycles. The maximum atomic E-state index is 14.2. The Hall–Kier alpha value is -0.710. The molecule has 6 heteroatoms. The smallest absolute Gasteiger partial charge is 0.152 e. The van der Waals surface area contributed by atoms with Gasteiger partial charge in [-0.2, -0.15) is 0 Å². The largest absolute Gasteiger partial charge is 0.232 e. The van der Waals surface area contributed by atoms with Gasteiger partial charge in [0.15, 0.2) is 5.82 Å². The van der Waals surface area contributed by atoms with Crippen LogP contribution in [0.5, 0.6) is 0 Å².